The Kier molecular flexibility index (Phi) is 6.79. The zero-order valence-corrected chi connectivity index (χ0v) is 15.0. The summed E-state index contributed by atoms with van der Waals surface area (Å²) >= 11 is 1.23. The third kappa shape index (κ3) is 5.59. The molecule has 0 aromatic heterocycles. The fourth-order valence-corrected chi connectivity index (χ4v) is 2.96. The molecule has 2 aromatic rings. The molecule has 2 aromatic carbocycles. The third-order valence-electron chi connectivity index (χ3n) is 3.44. The van der Waals surface area contributed by atoms with Crippen molar-refractivity contribution in [2.45, 2.75) is 11.9 Å². The quantitative estimate of drug-likeness (QED) is 0.757. The van der Waals surface area contributed by atoms with E-state index >= 15 is 0 Å². The lowest BCUT2D eigenvalue weighted by Gasteiger charge is -2.12. The van der Waals surface area contributed by atoms with Crippen LogP contribution >= 0.6 is 11.8 Å². The highest BCUT2D eigenvalue weighted by Crippen LogP contribution is 2.31. The molecule has 140 valence electrons. The number of amides is 1. The van der Waals surface area contributed by atoms with Gasteiger partial charge in [-0.1, -0.05) is 18.2 Å². The van der Waals surface area contributed by atoms with Gasteiger partial charge in [0.2, 0.25) is 5.91 Å². The van der Waals surface area contributed by atoms with Crippen LogP contribution in [0.4, 0.5) is 18.9 Å². The number of benzene rings is 2. The lowest BCUT2D eigenvalue weighted by atomic mass is 10.1. The van der Waals surface area contributed by atoms with Gasteiger partial charge in [0, 0.05) is 11.8 Å². The molecule has 0 aliphatic carbocycles. The predicted octanol–water partition coefficient (Wildman–Crippen LogP) is 4.59. The molecule has 0 atom stereocenters. The first-order chi connectivity index (χ1) is 12.3. The van der Waals surface area contributed by atoms with Crippen molar-refractivity contribution in [2.75, 3.05) is 25.3 Å². The van der Waals surface area contributed by atoms with E-state index in [0.717, 1.165) is 12.1 Å². The molecule has 0 fully saturated rings. The molecule has 0 radical (unpaired) electrons. The SMILES string of the molecule is COc1ccc(NC(=O)CSCc2cccc(C(F)(F)F)c2)c(OC)c1. The van der Waals surface area contributed by atoms with Gasteiger partial charge < -0.3 is 14.8 Å². The van der Waals surface area contributed by atoms with Crippen LogP contribution in [0.1, 0.15) is 11.1 Å². The monoisotopic (exact) mass is 385 g/mol. The number of ether oxygens (including phenoxy) is 2. The van der Waals surface area contributed by atoms with Gasteiger partial charge in [-0.3, -0.25) is 4.79 Å². The molecule has 1 N–H and O–H groups in total. The third-order valence-corrected chi connectivity index (χ3v) is 4.44. The largest absolute Gasteiger partial charge is 0.497 e. The zero-order chi connectivity index (χ0) is 19.2. The molecule has 26 heavy (non-hydrogen) atoms. The molecule has 0 spiro atoms. The van der Waals surface area contributed by atoms with Crippen LogP contribution in [0, 0.1) is 0 Å². The van der Waals surface area contributed by atoms with Crippen LogP contribution in [0.25, 0.3) is 0 Å². The minimum Gasteiger partial charge on any atom is -0.497 e. The summed E-state index contributed by atoms with van der Waals surface area (Å²) in [5.74, 6) is 1.19. The van der Waals surface area contributed by atoms with Crippen molar-refractivity contribution in [3.05, 3.63) is 53.6 Å². The molecule has 0 aliphatic heterocycles. The second kappa shape index (κ2) is 8.84. The van der Waals surface area contributed by atoms with Gasteiger partial charge in [-0.25, -0.2) is 0 Å². The van der Waals surface area contributed by atoms with Crippen molar-refractivity contribution in [2.24, 2.45) is 0 Å². The van der Waals surface area contributed by atoms with E-state index in [-0.39, 0.29) is 11.7 Å². The summed E-state index contributed by atoms with van der Waals surface area (Å²) in [5, 5.41) is 2.71. The summed E-state index contributed by atoms with van der Waals surface area (Å²) in [4.78, 5) is 12.1. The molecule has 1 amide bonds. The Bertz CT molecular complexity index is 766. The van der Waals surface area contributed by atoms with Gasteiger partial charge in [0.05, 0.1) is 31.2 Å². The van der Waals surface area contributed by atoms with Gasteiger partial charge in [0.25, 0.3) is 0 Å². The molecule has 0 unspecified atom stereocenters. The minimum absolute atomic E-state index is 0.103. The number of nitrogens with one attached hydrogen (secondary N) is 1. The number of alkyl halides is 3. The number of hydrogen-bond donors (Lipinski definition) is 1. The number of rotatable bonds is 7. The number of thioether (sulfide) groups is 1. The Morgan fingerprint density at radius 2 is 1.88 bits per heavy atom. The first-order valence-electron chi connectivity index (χ1n) is 7.59. The van der Waals surface area contributed by atoms with E-state index in [1.54, 1.807) is 24.3 Å². The summed E-state index contributed by atoms with van der Waals surface area (Å²) in [7, 11) is 3.00. The van der Waals surface area contributed by atoms with E-state index in [0.29, 0.717) is 28.5 Å². The summed E-state index contributed by atoms with van der Waals surface area (Å²) in [6.07, 6.45) is -4.37. The first kappa shape index (κ1) is 20.0. The standard InChI is InChI=1S/C18H18F3NO3S/c1-24-14-6-7-15(16(9-14)25-2)22-17(23)11-26-10-12-4-3-5-13(8-12)18(19,20)21/h3-9H,10-11H2,1-2H3,(H,22,23). The number of methoxy groups -OCH3 is 2. The van der Waals surface area contributed by atoms with E-state index in [4.69, 9.17) is 9.47 Å². The first-order valence-corrected chi connectivity index (χ1v) is 8.74. The van der Waals surface area contributed by atoms with E-state index in [1.807, 2.05) is 0 Å². The van der Waals surface area contributed by atoms with Crippen LogP contribution in [0.3, 0.4) is 0 Å². The summed E-state index contributed by atoms with van der Waals surface area (Å²) in [5.41, 5.74) is 0.320. The van der Waals surface area contributed by atoms with Crippen LogP contribution in [-0.4, -0.2) is 25.9 Å². The zero-order valence-electron chi connectivity index (χ0n) is 14.2. The molecular weight excluding hydrogens is 367 g/mol. The van der Waals surface area contributed by atoms with Crippen molar-refractivity contribution >= 4 is 23.4 Å². The van der Waals surface area contributed by atoms with Crippen molar-refractivity contribution in [1.82, 2.24) is 0 Å². The molecule has 0 saturated heterocycles. The average Bonchev–Trinajstić information content (AvgIpc) is 2.61. The lowest BCUT2D eigenvalue weighted by Crippen LogP contribution is -2.15. The number of halogens is 3. The Morgan fingerprint density at radius 3 is 2.54 bits per heavy atom. The van der Waals surface area contributed by atoms with Crippen molar-refractivity contribution in [1.29, 1.82) is 0 Å². The van der Waals surface area contributed by atoms with Gasteiger partial charge in [-0.05, 0) is 23.8 Å². The highest BCUT2D eigenvalue weighted by atomic mass is 32.2. The van der Waals surface area contributed by atoms with Crippen LogP contribution in [0.15, 0.2) is 42.5 Å². The van der Waals surface area contributed by atoms with Gasteiger partial charge in [-0.15, -0.1) is 11.8 Å². The Labute approximate surface area is 153 Å². The summed E-state index contributed by atoms with van der Waals surface area (Å²) < 4.78 is 48.4. The van der Waals surface area contributed by atoms with E-state index < -0.39 is 11.7 Å². The van der Waals surface area contributed by atoms with Crippen LogP contribution in [0.5, 0.6) is 11.5 Å². The molecule has 0 saturated carbocycles. The highest BCUT2D eigenvalue weighted by molar-refractivity contribution is 7.99. The van der Waals surface area contributed by atoms with Gasteiger partial charge in [0.15, 0.2) is 0 Å². The molecule has 8 heteroatoms. The molecule has 0 heterocycles. The lowest BCUT2D eigenvalue weighted by molar-refractivity contribution is -0.137. The van der Waals surface area contributed by atoms with E-state index in [9.17, 15) is 18.0 Å². The summed E-state index contributed by atoms with van der Waals surface area (Å²) in [6, 6.07) is 10.1. The second-order valence-corrected chi connectivity index (χ2v) is 6.29. The van der Waals surface area contributed by atoms with Crippen molar-refractivity contribution < 1.29 is 27.4 Å². The number of carbonyl (C=O) groups is 1. The number of anilines is 1. The van der Waals surface area contributed by atoms with Crippen LogP contribution in [-0.2, 0) is 16.7 Å². The summed E-state index contributed by atoms with van der Waals surface area (Å²) in [6.45, 7) is 0. The average molecular weight is 385 g/mol. The Balaban J connectivity index is 1.90. The van der Waals surface area contributed by atoms with Gasteiger partial charge in [0.1, 0.15) is 11.5 Å². The Hall–Kier alpha value is -2.35. The molecular formula is C18H18F3NO3S. The smallest absolute Gasteiger partial charge is 0.416 e. The maximum absolute atomic E-state index is 12.7. The molecule has 0 bridgehead atoms. The topological polar surface area (TPSA) is 47.6 Å². The van der Waals surface area contributed by atoms with E-state index in [1.165, 1.54) is 32.0 Å². The normalized spacial score (nSPS) is 11.1. The fourth-order valence-electron chi connectivity index (χ4n) is 2.19. The van der Waals surface area contributed by atoms with Crippen LogP contribution in [0.2, 0.25) is 0 Å². The second-order valence-electron chi connectivity index (χ2n) is 5.31. The van der Waals surface area contributed by atoms with E-state index in [2.05, 4.69) is 5.32 Å². The maximum Gasteiger partial charge on any atom is 0.416 e. The Morgan fingerprint density at radius 1 is 1.12 bits per heavy atom. The minimum atomic E-state index is -4.37. The number of carbonyl (C=O) groups excluding carboxylic acids is 1. The van der Waals surface area contributed by atoms with Crippen LogP contribution < -0.4 is 14.8 Å². The fraction of sp³-hybridized carbons (Fsp3) is 0.278. The van der Waals surface area contributed by atoms with Crippen molar-refractivity contribution in [3.63, 3.8) is 0 Å². The van der Waals surface area contributed by atoms with Gasteiger partial charge >= 0.3 is 6.18 Å². The number of hydrogen-bond acceptors (Lipinski definition) is 4. The molecule has 4 nitrogen and oxygen atoms in total. The maximum atomic E-state index is 12.7. The predicted molar refractivity (Wildman–Crippen MR) is 95.8 cm³/mol. The van der Waals surface area contributed by atoms with Crippen molar-refractivity contribution in [3.8, 4) is 11.5 Å². The van der Waals surface area contributed by atoms with Gasteiger partial charge in [-0.2, -0.15) is 13.2 Å². The highest BCUT2D eigenvalue weighted by Gasteiger charge is 2.30. The molecule has 0 aliphatic rings. The molecule has 2 rings (SSSR count).